The van der Waals surface area contributed by atoms with Crippen molar-refractivity contribution >= 4 is 17.9 Å². The molecule has 2 aliphatic carbocycles. The molecule has 3 aliphatic rings. The molecule has 0 radical (unpaired) electrons. The number of aliphatic hydroxyl groups excluding tert-OH is 2. The Bertz CT molecular complexity index is 730. The molecule has 9 atom stereocenters. The van der Waals surface area contributed by atoms with E-state index in [1.807, 2.05) is 0 Å². The Kier molecular flexibility index (Phi) is 5.55. The maximum atomic E-state index is 12.3. The van der Waals surface area contributed by atoms with Gasteiger partial charge >= 0.3 is 17.9 Å². The van der Waals surface area contributed by atoms with Crippen molar-refractivity contribution in [2.75, 3.05) is 0 Å². The number of fused-ring (bicyclic) bond motifs is 2. The first-order valence-corrected chi connectivity index (χ1v) is 10.0. The zero-order chi connectivity index (χ0) is 21.8. The van der Waals surface area contributed by atoms with Crippen LogP contribution in [-0.2, 0) is 28.6 Å². The molecule has 2 N–H and O–H groups in total. The highest BCUT2D eigenvalue weighted by Gasteiger charge is 2.68. The molecule has 29 heavy (non-hydrogen) atoms. The molecule has 0 aromatic rings. The van der Waals surface area contributed by atoms with Gasteiger partial charge in [0.1, 0.15) is 18.3 Å². The lowest BCUT2D eigenvalue weighted by Crippen LogP contribution is -2.51. The number of ether oxygens (including phenoxy) is 3. The molecule has 0 bridgehead atoms. The van der Waals surface area contributed by atoms with Gasteiger partial charge in [-0.05, 0) is 5.92 Å². The molecule has 0 amide bonds. The molecule has 1 aliphatic heterocycles. The van der Waals surface area contributed by atoms with Crippen molar-refractivity contribution < 1.29 is 38.8 Å². The van der Waals surface area contributed by atoms with Gasteiger partial charge in [-0.3, -0.25) is 9.59 Å². The second kappa shape index (κ2) is 7.40. The van der Waals surface area contributed by atoms with E-state index in [0.717, 1.165) is 0 Å². The monoisotopic (exact) mass is 410 g/mol. The van der Waals surface area contributed by atoms with Gasteiger partial charge in [0.15, 0.2) is 0 Å². The van der Waals surface area contributed by atoms with Crippen molar-refractivity contribution in [1.29, 1.82) is 0 Å². The number of carbonyl (C=O) groups is 3. The Balaban J connectivity index is 2.11. The minimum absolute atomic E-state index is 0.101. The van der Waals surface area contributed by atoms with Gasteiger partial charge in [-0.15, -0.1) is 0 Å². The van der Waals surface area contributed by atoms with E-state index in [9.17, 15) is 24.6 Å². The van der Waals surface area contributed by atoms with Crippen molar-refractivity contribution in [3.63, 3.8) is 0 Å². The molecule has 0 aromatic carbocycles. The van der Waals surface area contributed by atoms with E-state index >= 15 is 0 Å². The largest absolute Gasteiger partial charge is 0.462 e. The van der Waals surface area contributed by atoms with E-state index < -0.39 is 71.6 Å². The highest BCUT2D eigenvalue weighted by Crippen LogP contribution is 2.58. The van der Waals surface area contributed by atoms with E-state index in [2.05, 4.69) is 6.58 Å². The molecular weight excluding hydrogens is 380 g/mol. The Morgan fingerprint density at radius 2 is 1.90 bits per heavy atom. The Labute approximate surface area is 170 Å². The lowest BCUT2D eigenvalue weighted by molar-refractivity contribution is -0.171. The lowest BCUT2D eigenvalue weighted by Gasteiger charge is -2.43. The van der Waals surface area contributed by atoms with Crippen LogP contribution in [0.2, 0.25) is 0 Å². The summed E-state index contributed by atoms with van der Waals surface area (Å²) in [6.07, 6.45) is -4.53. The van der Waals surface area contributed by atoms with Crippen molar-refractivity contribution in [3.05, 3.63) is 12.2 Å². The van der Waals surface area contributed by atoms with E-state index in [1.165, 1.54) is 6.92 Å². The molecule has 0 aromatic heterocycles. The smallest absolute Gasteiger partial charge is 0.334 e. The maximum absolute atomic E-state index is 12.3. The van der Waals surface area contributed by atoms with Crippen LogP contribution in [0.5, 0.6) is 0 Å². The molecule has 3 rings (SSSR count). The van der Waals surface area contributed by atoms with E-state index in [4.69, 9.17) is 14.2 Å². The van der Waals surface area contributed by atoms with Crippen LogP contribution in [0.3, 0.4) is 0 Å². The van der Waals surface area contributed by atoms with Crippen molar-refractivity contribution in [2.45, 2.75) is 71.6 Å². The van der Waals surface area contributed by atoms with Crippen LogP contribution in [0.25, 0.3) is 0 Å². The first-order chi connectivity index (χ1) is 13.4. The van der Waals surface area contributed by atoms with Gasteiger partial charge < -0.3 is 24.4 Å². The summed E-state index contributed by atoms with van der Waals surface area (Å²) in [5.74, 6) is -3.81. The minimum atomic E-state index is -1.10. The van der Waals surface area contributed by atoms with Crippen molar-refractivity contribution in [1.82, 2.24) is 0 Å². The van der Waals surface area contributed by atoms with Gasteiger partial charge in [0.25, 0.3) is 0 Å². The van der Waals surface area contributed by atoms with Gasteiger partial charge in [0.2, 0.25) is 0 Å². The molecule has 3 fully saturated rings. The summed E-state index contributed by atoms with van der Waals surface area (Å²) in [7, 11) is 0. The zero-order valence-electron chi connectivity index (χ0n) is 17.5. The maximum Gasteiger partial charge on any atom is 0.334 e. The normalized spacial score (nSPS) is 44.0. The average molecular weight is 410 g/mol. The molecular formula is C21H30O8. The summed E-state index contributed by atoms with van der Waals surface area (Å²) in [6.45, 7) is 12.0. The number of esters is 3. The van der Waals surface area contributed by atoms with E-state index in [1.54, 1.807) is 27.7 Å². The SMILES string of the molecule is C=C1C(=O)O[C@H]2[C@H](O)[C@@H](C)[C@@H]3[C@@H](OC(=O)C(C)C)C[C@@H](O)[C@@]3(C)[C@H](OC(C)=O)[C@H]12. The van der Waals surface area contributed by atoms with Gasteiger partial charge in [-0.1, -0.05) is 34.3 Å². The second-order valence-electron chi connectivity index (χ2n) is 9.07. The fraction of sp³-hybridized carbons (Fsp3) is 0.762. The van der Waals surface area contributed by atoms with E-state index in [0.29, 0.717) is 0 Å². The number of rotatable bonds is 3. The highest BCUT2D eigenvalue weighted by molar-refractivity contribution is 5.91. The minimum Gasteiger partial charge on any atom is -0.462 e. The van der Waals surface area contributed by atoms with Crippen LogP contribution in [-0.4, -0.2) is 58.6 Å². The third-order valence-electron chi connectivity index (χ3n) is 6.97. The van der Waals surface area contributed by atoms with Crippen LogP contribution in [0.4, 0.5) is 0 Å². The van der Waals surface area contributed by atoms with Crippen LogP contribution in [0.1, 0.15) is 41.0 Å². The molecule has 0 spiro atoms. The topological polar surface area (TPSA) is 119 Å². The summed E-state index contributed by atoms with van der Waals surface area (Å²) < 4.78 is 16.7. The average Bonchev–Trinajstić information content (AvgIpc) is 3.03. The highest BCUT2D eigenvalue weighted by atomic mass is 16.6. The van der Waals surface area contributed by atoms with Crippen LogP contribution in [0, 0.1) is 29.1 Å². The first kappa shape index (κ1) is 21.8. The summed E-state index contributed by atoms with van der Waals surface area (Å²) in [5.41, 5.74) is -0.978. The number of hydrogen-bond donors (Lipinski definition) is 2. The third-order valence-corrected chi connectivity index (χ3v) is 6.97. The predicted molar refractivity (Wildman–Crippen MR) is 100 cm³/mol. The summed E-state index contributed by atoms with van der Waals surface area (Å²) in [4.78, 5) is 36.4. The first-order valence-electron chi connectivity index (χ1n) is 10.0. The predicted octanol–water partition coefficient (Wildman–Crippen LogP) is 0.981. The molecule has 0 unspecified atom stereocenters. The molecule has 1 heterocycles. The van der Waals surface area contributed by atoms with E-state index in [-0.39, 0.29) is 17.9 Å². The standard InChI is InChI=1S/C21H30O8/c1-8(2)19(25)28-12-7-13(23)21(6)15(12)10(4)16(24)17-14(9(3)20(26)29-17)18(21)27-11(5)22/h8,10,12-18,23-24H,3,7H2,1-2,4-6H3/t10-,12-,13+,14+,15+,16+,17+,18+,21+/m0/s1. The van der Waals surface area contributed by atoms with Gasteiger partial charge in [0.05, 0.1) is 24.0 Å². The number of hydrogen-bond acceptors (Lipinski definition) is 8. The fourth-order valence-electron chi connectivity index (χ4n) is 5.46. The Hall–Kier alpha value is -1.93. The number of carbonyl (C=O) groups excluding carboxylic acids is 3. The van der Waals surface area contributed by atoms with Gasteiger partial charge in [-0.2, -0.15) is 0 Å². The van der Waals surface area contributed by atoms with Crippen LogP contribution in [0.15, 0.2) is 12.2 Å². The molecule has 8 nitrogen and oxygen atoms in total. The van der Waals surface area contributed by atoms with Crippen molar-refractivity contribution in [2.24, 2.45) is 29.1 Å². The van der Waals surface area contributed by atoms with Gasteiger partial charge in [-0.25, -0.2) is 4.79 Å². The molecule has 162 valence electrons. The Morgan fingerprint density at radius 3 is 2.45 bits per heavy atom. The quantitative estimate of drug-likeness (QED) is 0.401. The van der Waals surface area contributed by atoms with Crippen LogP contribution < -0.4 is 0 Å². The fourth-order valence-corrected chi connectivity index (χ4v) is 5.46. The zero-order valence-corrected chi connectivity index (χ0v) is 17.5. The summed E-state index contributed by atoms with van der Waals surface area (Å²) >= 11 is 0. The van der Waals surface area contributed by atoms with Crippen LogP contribution >= 0.6 is 0 Å². The molecule has 8 heteroatoms. The second-order valence-corrected chi connectivity index (χ2v) is 9.07. The van der Waals surface area contributed by atoms with Gasteiger partial charge in [0, 0.05) is 30.3 Å². The summed E-state index contributed by atoms with van der Waals surface area (Å²) in [5, 5.41) is 22.1. The molecule has 2 saturated carbocycles. The number of aliphatic hydroxyl groups is 2. The third kappa shape index (κ3) is 3.26. The summed E-state index contributed by atoms with van der Waals surface area (Å²) in [6, 6.07) is 0. The lowest BCUT2D eigenvalue weighted by atomic mass is 9.66. The van der Waals surface area contributed by atoms with Crippen molar-refractivity contribution in [3.8, 4) is 0 Å². The molecule has 1 saturated heterocycles. The Morgan fingerprint density at radius 1 is 1.28 bits per heavy atom.